The number of hydrogen-bond acceptors (Lipinski definition) is 5. The molecule has 0 bridgehead atoms. The molecule has 0 fully saturated rings. The summed E-state index contributed by atoms with van der Waals surface area (Å²) in [6, 6.07) is 4.64. The maximum absolute atomic E-state index is 11.9. The SMILES string of the molecule is Nc1ccc(C(=O)OCc2cn3ccsc3n2)cc1Cl. The lowest BCUT2D eigenvalue weighted by Gasteiger charge is -2.04. The van der Waals surface area contributed by atoms with Gasteiger partial charge >= 0.3 is 5.97 Å². The van der Waals surface area contributed by atoms with Crippen LogP contribution in [0.4, 0.5) is 5.69 Å². The number of ether oxygens (including phenoxy) is 1. The molecule has 2 N–H and O–H groups in total. The zero-order chi connectivity index (χ0) is 14.1. The molecule has 102 valence electrons. The van der Waals surface area contributed by atoms with Gasteiger partial charge in [0.05, 0.1) is 22.0 Å². The van der Waals surface area contributed by atoms with Gasteiger partial charge in [0.15, 0.2) is 4.96 Å². The van der Waals surface area contributed by atoms with Crippen LogP contribution in [0.15, 0.2) is 36.0 Å². The van der Waals surface area contributed by atoms with E-state index < -0.39 is 5.97 Å². The third kappa shape index (κ3) is 2.48. The summed E-state index contributed by atoms with van der Waals surface area (Å²) in [4.78, 5) is 17.1. The lowest BCUT2D eigenvalue weighted by atomic mass is 10.2. The van der Waals surface area contributed by atoms with Gasteiger partial charge in [0.25, 0.3) is 0 Å². The number of nitrogens with zero attached hydrogens (tertiary/aromatic N) is 2. The van der Waals surface area contributed by atoms with Crippen LogP contribution in [0.5, 0.6) is 0 Å². The molecule has 1 aromatic carbocycles. The van der Waals surface area contributed by atoms with Crippen LogP contribution in [0.1, 0.15) is 16.1 Å². The first-order chi connectivity index (χ1) is 9.63. The van der Waals surface area contributed by atoms with Crippen molar-refractivity contribution < 1.29 is 9.53 Å². The highest BCUT2D eigenvalue weighted by Crippen LogP contribution is 2.20. The Morgan fingerprint density at radius 1 is 1.50 bits per heavy atom. The minimum absolute atomic E-state index is 0.120. The normalized spacial score (nSPS) is 10.8. The second kappa shape index (κ2) is 5.15. The highest BCUT2D eigenvalue weighted by molar-refractivity contribution is 7.15. The van der Waals surface area contributed by atoms with Crippen molar-refractivity contribution in [3.8, 4) is 0 Å². The Bertz CT molecular complexity index is 752. The van der Waals surface area contributed by atoms with Gasteiger partial charge in [-0.25, -0.2) is 9.78 Å². The molecule has 3 aromatic rings. The highest BCUT2D eigenvalue weighted by Gasteiger charge is 2.11. The van der Waals surface area contributed by atoms with E-state index in [1.54, 1.807) is 12.1 Å². The first-order valence-corrected chi connectivity index (χ1v) is 7.02. The van der Waals surface area contributed by atoms with E-state index in [2.05, 4.69) is 4.98 Å². The largest absolute Gasteiger partial charge is 0.456 e. The Labute approximate surface area is 123 Å². The number of aromatic nitrogens is 2. The summed E-state index contributed by atoms with van der Waals surface area (Å²) in [7, 11) is 0. The molecule has 0 saturated carbocycles. The zero-order valence-corrected chi connectivity index (χ0v) is 11.8. The van der Waals surface area contributed by atoms with E-state index in [9.17, 15) is 4.79 Å². The number of hydrogen-bond donors (Lipinski definition) is 1. The van der Waals surface area contributed by atoms with Crippen molar-refractivity contribution in [2.24, 2.45) is 0 Å². The number of nitrogens with two attached hydrogens (primary N) is 1. The fraction of sp³-hybridized carbons (Fsp3) is 0.0769. The Balaban J connectivity index is 1.69. The highest BCUT2D eigenvalue weighted by atomic mass is 35.5. The number of fused-ring (bicyclic) bond motifs is 1. The van der Waals surface area contributed by atoms with Gasteiger partial charge in [0.1, 0.15) is 6.61 Å². The van der Waals surface area contributed by atoms with Crippen molar-refractivity contribution >= 4 is 39.6 Å². The van der Waals surface area contributed by atoms with Crippen LogP contribution < -0.4 is 5.73 Å². The van der Waals surface area contributed by atoms with Gasteiger partial charge in [-0.3, -0.25) is 4.40 Å². The van der Waals surface area contributed by atoms with Crippen molar-refractivity contribution in [3.05, 3.63) is 52.3 Å². The quantitative estimate of drug-likeness (QED) is 0.596. The predicted octanol–water partition coefficient (Wildman–Crippen LogP) is 2.99. The lowest BCUT2D eigenvalue weighted by molar-refractivity contribution is 0.0468. The number of thiazole rings is 1. The molecule has 0 saturated heterocycles. The van der Waals surface area contributed by atoms with Crippen LogP contribution in [0.2, 0.25) is 5.02 Å². The van der Waals surface area contributed by atoms with E-state index in [0.717, 1.165) is 4.96 Å². The maximum atomic E-state index is 11.9. The van der Waals surface area contributed by atoms with Gasteiger partial charge in [-0.1, -0.05) is 11.6 Å². The Morgan fingerprint density at radius 3 is 3.10 bits per heavy atom. The van der Waals surface area contributed by atoms with Crippen molar-refractivity contribution in [3.63, 3.8) is 0 Å². The van der Waals surface area contributed by atoms with Crippen LogP contribution in [0.3, 0.4) is 0 Å². The predicted molar refractivity (Wildman–Crippen MR) is 78.1 cm³/mol. The Hall–Kier alpha value is -2.05. The molecular weight excluding hydrogens is 298 g/mol. The summed E-state index contributed by atoms with van der Waals surface area (Å²) in [6.45, 7) is 0.120. The van der Waals surface area contributed by atoms with E-state index in [1.807, 2.05) is 22.2 Å². The van der Waals surface area contributed by atoms with Crippen molar-refractivity contribution in [1.82, 2.24) is 9.38 Å². The van der Waals surface area contributed by atoms with Crippen molar-refractivity contribution in [2.75, 3.05) is 5.73 Å². The van der Waals surface area contributed by atoms with E-state index in [0.29, 0.717) is 22.0 Å². The van der Waals surface area contributed by atoms with Gasteiger partial charge in [0.2, 0.25) is 0 Å². The maximum Gasteiger partial charge on any atom is 0.338 e. The lowest BCUT2D eigenvalue weighted by Crippen LogP contribution is -2.05. The number of imidazole rings is 1. The Morgan fingerprint density at radius 2 is 2.35 bits per heavy atom. The summed E-state index contributed by atoms with van der Waals surface area (Å²) in [5.41, 5.74) is 7.08. The fourth-order valence-corrected chi connectivity index (χ4v) is 2.62. The first kappa shape index (κ1) is 13.0. The van der Waals surface area contributed by atoms with Gasteiger partial charge < -0.3 is 10.5 Å². The molecule has 0 aliphatic heterocycles. The minimum atomic E-state index is -0.455. The number of halogens is 1. The molecule has 0 amide bonds. The average Bonchev–Trinajstić information content (AvgIpc) is 3.00. The van der Waals surface area contributed by atoms with Gasteiger partial charge in [0, 0.05) is 17.8 Å². The van der Waals surface area contributed by atoms with Crippen molar-refractivity contribution in [1.29, 1.82) is 0 Å². The summed E-state index contributed by atoms with van der Waals surface area (Å²) >= 11 is 7.39. The second-order valence-electron chi connectivity index (χ2n) is 4.14. The molecule has 0 spiro atoms. The molecule has 5 nitrogen and oxygen atoms in total. The standard InChI is InChI=1S/C13H10ClN3O2S/c14-10-5-8(1-2-11(10)15)12(18)19-7-9-6-17-3-4-20-13(17)16-9/h1-6H,7,15H2. The van der Waals surface area contributed by atoms with Crippen LogP contribution in [0, 0.1) is 0 Å². The van der Waals surface area contributed by atoms with E-state index in [-0.39, 0.29) is 6.61 Å². The van der Waals surface area contributed by atoms with Crippen LogP contribution in [-0.4, -0.2) is 15.4 Å². The number of benzene rings is 1. The third-order valence-electron chi connectivity index (χ3n) is 2.73. The molecule has 20 heavy (non-hydrogen) atoms. The zero-order valence-electron chi connectivity index (χ0n) is 10.2. The molecule has 0 aliphatic rings. The molecule has 2 aromatic heterocycles. The molecule has 0 atom stereocenters. The monoisotopic (exact) mass is 307 g/mol. The molecule has 0 aliphatic carbocycles. The summed E-state index contributed by atoms with van der Waals surface area (Å²) in [6.07, 6.45) is 3.73. The fourth-order valence-electron chi connectivity index (χ4n) is 1.72. The van der Waals surface area contributed by atoms with E-state index in [4.69, 9.17) is 22.1 Å². The molecule has 7 heteroatoms. The smallest absolute Gasteiger partial charge is 0.338 e. The number of carbonyl (C=O) groups excluding carboxylic acids is 1. The summed E-state index contributed by atoms with van der Waals surface area (Å²) in [5, 5.41) is 2.27. The number of rotatable bonds is 3. The van der Waals surface area contributed by atoms with Crippen LogP contribution in [0.25, 0.3) is 4.96 Å². The topological polar surface area (TPSA) is 69.6 Å². The van der Waals surface area contributed by atoms with Crippen LogP contribution in [-0.2, 0) is 11.3 Å². The average molecular weight is 308 g/mol. The number of carbonyl (C=O) groups is 1. The van der Waals surface area contributed by atoms with Gasteiger partial charge in [-0.2, -0.15) is 0 Å². The molecule has 0 radical (unpaired) electrons. The number of nitrogen functional groups attached to an aromatic ring is 1. The molecule has 3 rings (SSSR count). The Kier molecular flexibility index (Phi) is 3.33. The number of anilines is 1. The van der Waals surface area contributed by atoms with E-state index in [1.165, 1.54) is 17.4 Å². The second-order valence-corrected chi connectivity index (χ2v) is 5.42. The van der Waals surface area contributed by atoms with Gasteiger partial charge in [-0.15, -0.1) is 11.3 Å². The number of esters is 1. The molecule has 2 heterocycles. The summed E-state index contributed by atoms with van der Waals surface area (Å²) in [5.74, 6) is -0.455. The van der Waals surface area contributed by atoms with E-state index >= 15 is 0 Å². The third-order valence-corrected chi connectivity index (χ3v) is 3.83. The van der Waals surface area contributed by atoms with Crippen molar-refractivity contribution in [2.45, 2.75) is 6.61 Å². The summed E-state index contributed by atoms with van der Waals surface area (Å²) < 4.78 is 7.08. The van der Waals surface area contributed by atoms with Gasteiger partial charge in [-0.05, 0) is 18.2 Å². The first-order valence-electron chi connectivity index (χ1n) is 5.77. The minimum Gasteiger partial charge on any atom is -0.456 e. The van der Waals surface area contributed by atoms with Crippen LogP contribution >= 0.6 is 22.9 Å². The molecule has 0 unspecified atom stereocenters. The molecular formula is C13H10ClN3O2S.